The predicted molar refractivity (Wildman–Crippen MR) is 83.2 cm³/mol. The number of anilines is 3. The minimum absolute atomic E-state index is 0.152. The summed E-state index contributed by atoms with van der Waals surface area (Å²) in [6.45, 7) is 2.39. The molecule has 0 radical (unpaired) electrons. The second kappa shape index (κ2) is 5.50. The van der Waals surface area contributed by atoms with Gasteiger partial charge in [0, 0.05) is 29.5 Å². The molecule has 7 heteroatoms. The molecule has 1 aliphatic rings. The van der Waals surface area contributed by atoms with Gasteiger partial charge in [-0.2, -0.15) is 11.8 Å². The SMILES string of the molecule is CCS(=O)(=O)C1CSCCN1c1ccc(N)c(N)c1. The molecule has 1 heterocycles. The van der Waals surface area contributed by atoms with Gasteiger partial charge in [-0.25, -0.2) is 8.42 Å². The van der Waals surface area contributed by atoms with Crippen LogP contribution in [0, 0.1) is 0 Å². The fourth-order valence-corrected chi connectivity index (χ4v) is 5.10. The van der Waals surface area contributed by atoms with Crippen LogP contribution in [0.2, 0.25) is 0 Å². The molecule has 0 bridgehead atoms. The Labute approximate surface area is 118 Å². The van der Waals surface area contributed by atoms with Crippen LogP contribution in [-0.4, -0.2) is 37.6 Å². The van der Waals surface area contributed by atoms with Crippen molar-refractivity contribution in [1.82, 2.24) is 0 Å². The average molecular weight is 301 g/mol. The molecule has 0 spiro atoms. The van der Waals surface area contributed by atoms with E-state index in [0.29, 0.717) is 23.7 Å². The summed E-state index contributed by atoms with van der Waals surface area (Å²) in [4.78, 5) is 1.92. The van der Waals surface area contributed by atoms with Crippen LogP contribution in [0.4, 0.5) is 17.1 Å². The summed E-state index contributed by atoms with van der Waals surface area (Å²) in [5, 5.41) is -0.473. The molecular weight excluding hydrogens is 282 g/mol. The number of benzene rings is 1. The molecule has 0 aliphatic carbocycles. The highest BCUT2D eigenvalue weighted by Gasteiger charge is 2.33. The van der Waals surface area contributed by atoms with Crippen molar-refractivity contribution in [1.29, 1.82) is 0 Å². The quantitative estimate of drug-likeness (QED) is 0.815. The van der Waals surface area contributed by atoms with Crippen molar-refractivity contribution in [3.8, 4) is 0 Å². The van der Waals surface area contributed by atoms with Gasteiger partial charge in [0.15, 0.2) is 9.84 Å². The van der Waals surface area contributed by atoms with E-state index in [0.717, 1.165) is 11.4 Å². The zero-order chi connectivity index (χ0) is 14.0. The van der Waals surface area contributed by atoms with Crippen molar-refractivity contribution in [2.45, 2.75) is 12.3 Å². The number of rotatable bonds is 3. The molecule has 1 aliphatic heterocycles. The zero-order valence-corrected chi connectivity index (χ0v) is 12.5. The van der Waals surface area contributed by atoms with Crippen molar-refractivity contribution in [2.24, 2.45) is 0 Å². The average Bonchev–Trinajstić information content (AvgIpc) is 2.42. The number of hydrogen-bond acceptors (Lipinski definition) is 6. The Hall–Kier alpha value is -1.08. The van der Waals surface area contributed by atoms with Gasteiger partial charge in [0.25, 0.3) is 0 Å². The highest BCUT2D eigenvalue weighted by molar-refractivity contribution is 8.01. The van der Waals surface area contributed by atoms with E-state index < -0.39 is 15.2 Å². The fraction of sp³-hybridized carbons (Fsp3) is 0.500. The van der Waals surface area contributed by atoms with E-state index in [9.17, 15) is 8.42 Å². The number of sulfone groups is 1. The molecule has 106 valence electrons. The van der Waals surface area contributed by atoms with Crippen molar-refractivity contribution in [3.05, 3.63) is 18.2 Å². The summed E-state index contributed by atoms with van der Waals surface area (Å²) in [6, 6.07) is 5.31. The van der Waals surface area contributed by atoms with Gasteiger partial charge in [0.2, 0.25) is 0 Å². The third-order valence-electron chi connectivity index (χ3n) is 3.30. The maximum absolute atomic E-state index is 12.2. The molecule has 1 aromatic rings. The molecule has 1 saturated heterocycles. The number of hydrogen-bond donors (Lipinski definition) is 2. The van der Waals surface area contributed by atoms with Crippen LogP contribution in [0.3, 0.4) is 0 Å². The van der Waals surface area contributed by atoms with Crippen LogP contribution >= 0.6 is 11.8 Å². The lowest BCUT2D eigenvalue weighted by atomic mass is 10.2. The monoisotopic (exact) mass is 301 g/mol. The summed E-state index contributed by atoms with van der Waals surface area (Å²) in [6.07, 6.45) is 0. The van der Waals surface area contributed by atoms with Gasteiger partial charge in [0.1, 0.15) is 5.37 Å². The Morgan fingerprint density at radius 2 is 2.11 bits per heavy atom. The van der Waals surface area contributed by atoms with Crippen LogP contribution < -0.4 is 16.4 Å². The number of nitrogen functional groups attached to an aromatic ring is 2. The Morgan fingerprint density at radius 3 is 2.74 bits per heavy atom. The lowest BCUT2D eigenvalue weighted by Gasteiger charge is -2.36. The Bertz CT molecular complexity index is 560. The van der Waals surface area contributed by atoms with Gasteiger partial charge >= 0.3 is 0 Å². The minimum Gasteiger partial charge on any atom is -0.397 e. The minimum atomic E-state index is -3.11. The second-order valence-corrected chi connectivity index (χ2v) is 8.08. The molecular formula is C12H19N3O2S2. The van der Waals surface area contributed by atoms with E-state index in [1.807, 2.05) is 11.0 Å². The maximum Gasteiger partial charge on any atom is 0.171 e. The van der Waals surface area contributed by atoms with Crippen LogP contribution in [0.25, 0.3) is 0 Å². The lowest BCUT2D eigenvalue weighted by molar-refractivity contribution is 0.579. The van der Waals surface area contributed by atoms with E-state index in [1.165, 1.54) is 0 Å². The maximum atomic E-state index is 12.2. The van der Waals surface area contributed by atoms with E-state index >= 15 is 0 Å². The molecule has 4 N–H and O–H groups in total. The molecule has 5 nitrogen and oxygen atoms in total. The van der Waals surface area contributed by atoms with Gasteiger partial charge in [0.05, 0.1) is 11.4 Å². The lowest BCUT2D eigenvalue weighted by Crippen LogP contribution is -2.48. The molecule has 0 aromatic heterocycles. The highest BCUT2D eigenvalue weighted by Crippen LogP contribution is 2.30. The molecule has 0 saturated carbocycles. The molecule has 1 atom stereocenters. The Morgan fingerprint density at radius 1 is 1.37 bits per heavy atom. The largest absolute Gasteiger partial charge is 0.397 e. The van der Waals surface area contributed by atoms with Gasteiger partial charge in [-0.05, 0) is 18.2 Å². The second-order valence-electron chi connectivity index (χ2n) is 4.49. The van der Waals surface area contributed by atoms with Crippen LogP contribution in [0.5, 0.6) is 0 Å². The molecule has 1 unspecified atom stereocenters. The number of nitrogens with zero attached hydrogens (tertiary/aromatic N) is 1. The highest BCUT2D eigenvalue weighted by atomic mass is 32.2. The third-order valence-corrected chi connectivity index (χ3v) is 6.59. The molecule has 1 aromatic carbocycles. The normalized spacial score (nSPS) is 20.5. The summed E-state index contributed by atoms with van der Waals surface area (Å²) < 4.78 is 24.4. The van der Waals surface area contributed by atoms with Gasteiger partial charge in [-0.15, -0.1) is 0 Å². The topological polar surface area (TPSA) is 89.4 Å². The van der Waals surface area contributed by atoms with Crippen molar-refractivity contribution in [3.63, 3.8) is 0 Å². The first kappa shape index (κ1) is 14.3. The standard InChI is InChI=1S/C12H19N3O2S2/c1-2-19(16,17)12-8-18-6-5-15(12)9-3-4-10(13)11(14)7-9/h3-4,7,12H,2,5-6,8,13-14H2,1H3. The molecule has 1 fully saturated rings. The summed E-state index contributed by atoms with van der Waals surface area (Å²) in [7, 11) is -3.11. The zero-order valence-electron chi connectivity index (χ0n) is 10.9. The van der Waals surface area contributed by atoms with Gasteiger partial charge in [-0.1, -0.05) is 6.92 Å². The number of thioether (sulfide) groups is 1. The Kier molecular flexibility index (Phi) is 4.15. The van der Waals surface area contributed by atoms with Gasteiger partial charge < -0.3 is 16.4 Å². The first-order valence-corrected chi connectivity index (χ1v) is 9.03. The van der Waals surface area contributed by atoms with Crippen molar-refractivity contribution >= 4 is 38.7 Å². The predicted octanol–water partition coefficient (Wildman–Crippen LogP) is 1.17. The molecule has 19 heavy (non-hydrogen) atoms. The van der Waals surface area contributed by atoms with Gasteiger partial charge in [-0.3, -0.25) is 0 Å². The Balaban J connectivity index is 2.37. The van der Waals surface area contributed by atoms with E-state index in [4.69, 9.17) is 11.5 Å². The molecule has 0 amide bonds. The summed E-state index contributed by atoms with van der Waals surface area (Å²) in [5.41, 5.74) is 13.3. The first-order chi connectivity index (χ1) is 8.95. The van der Waals surface area contributed by atoms with Crippen LogP contribution in [-0.2, 0) is 9.84 Å². The smallest absolute Gasteiger partial charge is 0.171 e. The van der Waals surface area contributed by atoms with E-state index in [2.05, 4.69) is 0 Å². The number of nitrogens with two attached hydrogens (primary N) is 2. The van der Waals surface area contributed by atoms with Crippen molar-refractivity contribution < 1.29 is 8.42 Å². The third kappa shape index (κ3) is 2.92. The van der Waals surface area contributed by atoms with E-state index in [-0.39, 0.29) is 5.75 Å². The fourth-order valence-electron chi connectivity index (χ4n) is 2.11. The first-order valence-electron chi connectivity index (χ1n) is 6.16. The van der Waals surface area contributed by atoms with E-state index in [1.54, 1.807) is 30.8 Å². The van der Waals surface area contributed by atoms with Crippen LogP contribution in [0.1, 0.15) is 6.92 Å². The summed E-state index contributed by atoms with van der Waals surface area (Å²) >= 11 is 1.67. The van der Waals surface area contributed by atoms with Crippen molar-refractivity contribution in [2.75, 3.05) is 40.2 Å². The van der Waals surface area contributed by atoms with Crippen LogP contribution in [0.15, 0.2) is 18.2 Å². The summed E-state index contributed by atoms with van der Waals surface area (Å²) in [5.74, 6) is 1.67. The molecule has 2 rings (SSSR count).